The summed E-state index contributed by atoms with van der Waals surface area (Å²) in [6.45, 7) is 4.07. The van der Waals surface area contributed by atoms with Gasteiger partial charge in [-0.3, -0.25) is 0 Å². The quantitative estimate of drug-likeness (QED) is 0.797. The fraction of sp³-hybridized carbons (Fsp3) is 0.500. The molecular formula is C12H18FNO. The van der Waals surface area contributed by atoms with E-state index in [1.807, 2.05) is 6.92 Å². The fourth-order valence-electron chi connectivity index (χ4n) is 1.64. The molecule has 1 rings (SSSR count). The van der Waals surface area contributed by atoms with Gasteiger partial charge in [-0.15, -0.1) is 0 Å². The summed E-state index contributed by atoms with van der Waals surface area (Å²) in [5.41, 5.74) is 6.38. The molecule has 84 valence electrons. The Bertz CT molecular complexity index is 336. The van der Waals surface area contributed by atoms with Crippen molar-refractivity contribution in [2.75, 3.05) is 6.54 Å². The van der Waals surface area contributed by atoms with Gasteiger partial charge in [0.1, 0.15) is 5.82 Å². The van der Waals surface area contributed by atoms with Gasteiger partial charge in [0.2, 0.25) is 0 Å². The normalized spacial score (nSPS) is 15.0. The highest BCUT2D eigenvalue weighted by atomic mass is 19.1. The second-order valence-electron chi connectivity index (χ2n) is 4.28. The first kappa shape index (κ1) is 12.1. The number of nitrogens with two attached hydrogens (primary N) is 1. The van der Waals surface area contributed by atoms with Crippen molar-refractivity contribution in [1.29, 1.82) is 0 Å². The van der Waals surface area contributed by atoms with Crippen molar-refractivity contribution < 1.29 is 9.50 Å². The molecule has 3 N–H and O–H groups in total. The number of hydrogen-bond donors (Lipinski definition) is 2. The summed E-state index contributed by atoms with van der Waals surface area (Å²) in [5.74, 6) is -0.265. The van der Waals surface area contributed by atoms with Crippen LogP contribution in [0.3, 0.4) is 0 Å². The van der Waals surface area contributed by atoms with Gasteiger partial charge in [-0.2, -0.15) is 0 Å². The summed E-state index contributed by atoms with van der Waals surface area (Å²) in [5, 5.41) is 9.98. The first-order valence-corrected chi connectivity index (χ1v) is 5.12. The molecule has 1 atom stereocenters. The van der Waals surface area contributed by atoms with Crippen LogP contribution in [-0.2, 0) is 6.42 Å². The third-order valence-electron chi connectivity index (χ3n) is 2.57. The average molecular weight is 211 g/mol. The molecule has 1 unspecified atom stereocenters. The molecule has 0 saturated heterocycles. The Labute approximate surface area is 89.9 Å². The van der Waals surface area contributed by atoms with E-state index < -0.39 is 5.60 Å². The molecule has 0 saturated carbocycles. The molecule has 0 bridgehead atoms. The molecule has 0 aliphatic carbocycles. The number of benzene rings is 1. The van der Waals surface area contributed by atoms with Gasteiger partial charge in [-0.1, -0.05) is 6.07 Å². The molecule has 0 aromatic heterocycles. The molecule has 0 aliphatic rings. The molecule has 0 amide bonds. The van der Waals surface area contributed by atoms with Crippen molar-refractivity contribution in [3.63, 3.8) is 0 Å². The minimum Gasteiger partial charge on any atom is -0.390 e. The standard InChI is InChI=1S/C12H18FNO/c1-9-3-4-11(13)7-10(9)8-12(2,15)5-6-14/h3-4,7,15H,5-6,8,14H2,1-2H3. The summed E-state index contributed by atoms with van der Waals surface area (Å²) in [7, 11) is 0. The number of rotatable bonds is 4. The van der Waals surface area contributed by atoms with Gasteiger partial charge in [-0.25, -0.2) is 4.39 Å². The van der Waals surface area contributed by atoms with Crippen molar-refractivity contribution in [1.82, 2.24) is 0 Å². The Morgan fingerprint density at radius 2 is 2.13 bits per heavy atom. The van der Waals surface area contributed by atoms with Gasteiger partial charge in [0.25, 0.3) is 0 Å². The van der Waals surface area contributed by atoms with Crippen LogP contribution in [0, 0.1) is 12.7 Å². The van der Waals surface area contributed by atoms with E-state index in [2.05, 4.69) is 0 Å². The minimum absolute atomic E-state index is 0.265. The maximum absolute atomic E-state index is 13.0. The Morgan fingerprint density at radius 3 is 2.73 bits per heavy atom. The fourth-order valence-corrected chi connectivity index (χ4v) is 1.64. The van der Waals surface area contributed by atoms with E-state index in [0.29, 0.717) is 19.4 Å². The zero-order chi connectivity index (χ0) is 11.5. The molecule has 0 spiro atoms. The second kappa shape index (κ2) is 4.73. The number of halogens is 1. The predicted octanol–water partition coefficient (Wildman–Crippen LogP) is 1.78. The molecule has 1 aromatic rings. The first-order valence-electron chi connectivity index (χ1n) is 5.12. The van der Waals surface area contributed by atoms with Gasteiger partial charge in [0, 0.05) is 6.42 Å². The zero-order valence-electron chi connectivity index (χ0n) is 9.26. The van der Waals surface area contributed by atoms with E-state index in [1.54, 1.807) is 13.0 Å². The third-order valence-corrected chi connectivity index (χ3v) is 2.57. The van der Waals surface area contributed by atoms with Crippen molar-refractivity contribution in [2.24, 2.45) is 5.73 Å². The molecule has 0 aliphatic heterocycles. The van der Waals surface area contributed by atoms with Crippen LogP contribution in [0.15, 0.2) is 18.2 Å². The summed E-state index contributed by atoms with van der Waals surface area (Å²) >= 11 is 0. The van der Waals surface area contributed by atoms with Crippen LogP contribution in [0.25, 0.3) is 0 Å². The van der Waals surface area contributed by atoms with Crippen LogP contribution in [0.5, 0.6) is 0 Å². The van der Waals surface area contributed by atoms with Gasteiger partial charge < -0.3 is 10.8 Å². The molecule has 0 radical (unpaired) electrons. The van der Waals surface area contributed by atoms with Gasteiger partial charge in [-0.05, 0) is 50.1 Å². The highest BCUT2D eigenvalue weighted by Crippen LogP contribution is 2.19. The largest absolute Gasteiger partial charge is 0.390 e. The Kier molecular flexibility index (Phi) is 3.83. The van der Waals surface area contributed by atoms with Gasteiger partial charge in [0.15, 0.2) is 0 Å². The highest BCUT2D eigenvalue weighted by Gasteiger charge is 2.20. The molecule has 15 heavy (non-hydrogen) atoms. The molecule has 1 aromatic carbocycles. The van der Waals surface area contributed by atoms with Crippen molar-refractivity contribution in [3.05, 3.63) is 35.1 Å². The molecule has 0 fully saturated rings. The van der Waals surface area contributed by atoms with Crippen LogP contribution in [-0.4, -0.2) is 17.3 Å². The summed E-state index contributed by atoms with van der Waals surface area (Å²) in [6.07, 6.45) is 0.955. The predicted molar refractivity (Wildman–Crippen MR) is 59.1 cm³/mol. The molecule has 2 nitrogen and oxygen atoms in total. The van der Waals surface area contributed by atoms with Crippen molar-refractivity contribution in [3.8, 4) is 0 Å². The third kappa shape index (κ3) is 3.61. The van der Waals surface area contributed by atoms with Crippen molar-refractivity contribution in [2.45, 2.75) is 32.3 Å². The van der Waals surface area contributed by atoms with Gasteiger partial charge >= 0.3 is 0 Å². The van der Waals surface area contributed by atoms with E-state index >= 15 is 0 Å². The number of aliphatic hydroxyl groups is 1. The van der Waals surface area contributed by atoms with E-state index in [1.165, 1.54) is 12.1 Å². The monoisotopic (exact) mass is 211 g/mol. The topological polar surface area (TPSA) is 46.2 Å². The zero-order valence-corrected chi connectivity index (χ0v) is 9.26. The molecular weight excluding hydrogens is 193 g/mol. The average Bonchev–Trinajstić information content (AvgIpc) is 2.10. The maximum Gasteiger partial charge on any atom is 0.123 e. The summed E-state index contributed by atoms with van der Waals surface area (Å²) in [4.78, 5) is 0. The van der Waals surface area contributed by atoms with Crippen LogP contribution in [0.4, 0.5) is 4.39 Å². The Balaban J connectivity index is 2.83. The lowest BCUT2D eigenvalue weighted by atomic mass is 9.91. The van der Waals surface area contributed by atoms with E-state index in [0.717, 1.165) is 11.1 Å². The Hall–Kier alpha value is -0.930. The van der Waals surface area contributed by atoms with Crippen LogP contribution < -0.4 is 5.73 Å². The number of hydrogen-bond acceptors (Lipinski definition) is 2. The maximum atomic E-state index is 13.0. The summed E-state index contributed by atoms with van der Waals surface area (Å²) < 4.78 is 13.0. The van der Waals surface area contributed by atoms with E-state index in [-0.39, 0.29) is 5.82 Å². The molecule has 3 heteroatoms. The minimum atomic E-state index is -0.854. The lowest BCUT2D eigenvalue weighted by Gasteiger charge is -2.23. The van der Waals surface area contributed by atoms with Crippen LogP contribution in [0.2, 0.25) is 0 Å². The number of aryl methyl sites for hydroxylation is 1. The van der Waals surface area contributed by atoms with E-state index in [4.69, 9.17) is 5.73 Å². The highest BCUT2D eigenvalue weighted by molar-refractivity contribution is 5.27. The smallest absolute Gasteiger partial charge is 0.123 e. The second-order valence-corrected chi connectivity index (χ2v) is 4.28. The lowest BCUT2D eigenvalue weighted by Crippen LogP contribution is -2.30. The molecule has 0 heterocycles. The Morgan fingerprint density at radius 1 is 1.47 bits per heavy atom. The lowest BCUT2D eigenvalue weighted by molar-refractivity contribution is 0.0537. The van der Waals surface area contributed by atoms with Crippen LogP contribution in [0.1, 0.15) is 24.5 Å². The van der Waals surface area contributed by atoms with Gasteiger partial charge in [0.05, 0.1) is 5.60 Å². The first-order chi connectivity index (χ1) is 6.94. The van der Waals surface area contributed by atoms with Crippen molar-refractivity contribution >= 4 is 0 Å². The SMILES string of the molecule is Cc1ccc(F)cc1CC(C)(O)CCN. The summed E-state index contributed by atoms with van der Waals surface area (Å²) in [6, 6.07) is 4.62. The van der Waals surface area contributed by atoms with E-state index in [9.17, 15) is 9.50 Å². The van der Waals surface area contributed by atoms with Crippen LogP contribution >= 0.6 is 0 Å².